The first-order valence-electron chi connectivity index (χ1n) is 6.78. The normalized spacial score (nSPS) is 11.6. The van der Waals surface area contributed by atoms with Crippen LogP contribution in [0.4, 0.5) is 0 Å². The van der Waals surface area contributed by atoms with Gasteiger partial charge in [0, 0.05) is 18.8 Å². The van der Waals surface area contributed by atoms with Crippen molar-refractivity contribution >= 4 is 22.6 Å². The Hall–Kier alpha value is -1.06. The van der Waals surface area contributed by atoms with E-state index in [4.69, 9.17) is 16.6 Å². The van der Waals surface area contributed by atoms with Crippen molar-refractivity contribution in [2.45, 2.75) is 26.3 Å². The molecule has 1 heterocycles. The van der Waals surface area contributed by atoms with Gasteiger partial charge >= 0.3 is 0 Å². The van der Waals surface area contributed by atoms with Gasteiger partial charge in [-0.2, -0.15) is 0 Å². The first-order valence-corrected chi connectivity index (χ1v) is 7.31. The highest BCUT2D eigenvalue weighted by atomic mass is 35.5. The predicted molar refractivity (Wildman–Crippen MR) is 82.1 cm³/mol. The lowest BCUT2D eigenvalue weighted by atomic mass is 10.2. The molecule has 19 heavy (non-hydrogen) atoms. The maximum atomic E-state index is 5.89. The Kier molecular flexibility index (Phi) is 4.83. The monoisotopic (exact) mass is 279 g/mol. The number of hydrogen-bond acceptors (Lipinski definition) is 2. The van der Waals surface area contributed by atoms with E-state index < -0.39 is 0 Å². The molecule has 0 unspecified atom stereocenters. The van der Waals surface area contributed by atoms with Crippen molar-refractivity contribution in [3.63, 3.8) is 0 Å². The van der Waals surface area contributed by atoms with Crippen LogP contribution in [0.25, 0.3) is 11.0 Å². The summed E-state index contributed by atoms with van der Waals surface area (Å²) in [7, 11) is 4.21. The molecule has 4 heteroatoms. The van der Waals surface area contributed by atoms with Crippen LogP contribution in [0, 0.1) is 6.92 Å². The minimum Gasteiger partial charge on any atom is -0.328 e. The maximum Gasteiger partial charge on any atom is 0.111 e. The molecule has 0 amide bonds. The van der Waals surface area contributed by atoms with Gasteiger partial charge in [-0.05, 0) is 51.7 Å². The van der Waals surface area contributed by atoms with Crippen molar-refractivity contribution in [3.05, 3.63) is 29.6 Å². The van der Waals surface area contributed by atoms with Gasteiger partial charge in [-0.3, -0.25) is 0 Å². The summed E-state index contributed by atoms with van der Waals surface area (Å²) in [5.41, 5.74) is 3.57. The number of imidazole rings is 1. The highest BCUT2D eigenvalue weighted by Crippen LogP contribution is 2.19. The second-order valence-electron chi connectivity index (χ2n) is 5.27. The van der Waals surface area contributed by atoms with E-state index in [0.717, 1.165) is 37.3 Å². The minimum atomic E-state index is 0.621. The average Bonchev–Trinajstić information content (AvgIpc) is 2.66. The Labute approximate surface area is 120 Å². The third-order valence-electron chi connectivity index (χ3n) is 3.29. The summed E-state index contributed by atoms with van der Waals surface area (Å²) in [6, 6.07) is 6.47. The van der Waals surface area contributed by atoms with Crippen LogP contribution in [0.5, 0.6) is 0 Å². The van der Waals surface area contributed by atoms with Gasteiger partial charge < -0.3 is 9.47 Å². The molecular weight excluding hydrogens is 258 g/mol. The molecule has 2 aromatic rings. The van der Waals surface area contributed by atoms with Gasteiger partial charge in [-0.15, -0.1) is 11.6 Å². The first-order chi connectivity index (χ1) is 9.11. The van der Waals surface area contributed by atoms with E-state index in [1.165, 1.54) is 11.1 Å². The Morgan fingerprint density at radius 3 is 2.79 bits per heavy atom. The molecule has 0 aliphatic carbocycles. The van der Waals surface area contributed by atoms with Crippen molar-refractivity contribution in [3.8, 4) is 0 Å². The highest BCUT2D eigenvalue weighted by molar-refractivity contribution is 6.17. The molecule has 0 aliphatic rings. The van der Waals surface area contributed by atoms with Crippen molar-refractivity contribution in [2.24, 2.45) is 0 Å². The fourth-order valence-corrected chi connectivity index (χ4v) is 2.53. The summed E-state index contributed by atoms with van der Waals surface area (Å²) in [5.74, 6) is 1.73. The Balaban J connectivity index is 2.29. The summed E-state index contributed by atoms with van der Waals surface area (Å²) in [6.07, 6.45) is 1.96. The van der Waals surface area contributed by atoms with Crippen LogP contribution < -0.4 is 0 Å². The van der Waals surface area contributed by atoms with Gasteiger partial charge in [0.15, 0.2) is 0 Å². The summed E-state index contributed by atoms with van der Waals surface area (Å²) in [5, 5.41) is 0. The number of fused-ring (bicyclic) bond motifs is 1. The summed E-state index contributed by atoms with van der Waals surface area (Å²) in [6.45, 7) is 4.20. The van der Waals surface area contributed by atoms with Gasteiger partial charge in [0.05, 0.1) is 11.0 Å². The minimum absolute atomic E-state index is 0.621. The second kappa shape index (κ2) is 6.40. The molecule has 104 valence electrons. The van der Waals surface area contributed by atoms with Crippen molar-refractivity contribution < 1.29 is 0 Å². The molecule has 0 bridgehead atoms. The summed E-state index contributed by atoms with van der Waals surface area (Å²) >= 11 is 5.89. The number of rotatable bonds is 6. The molecule has 0 spiro atoms. The molecule has 0 fully saturated rings. The van der Waals surface area contributed by atoms with Gasteiger partial charge in [0.25, 0.3) is 0 Å². The Morgan fingerprint density at radius 2 is 2.11 bits per heavy atom. The van der Waals surface area contributed by atoms with Crippen LogP contribution in [0.3, 0.4) is 0 Å². The lowest BCUT2D eigenvalue weighted by molar-refractivity contribution is 0.386. The molecular formula is C15H22ClN3. The van der Waals surface area contributed by atoms with E-state index in [1.807, 2.05) is 0 Å². The zero-order valence-electron chi connectivity index (χ0n) is 12.0. The molecule has 0 saturated carbocycles. The number of halogens is 1. The van der Waals surface area contributed by atoms with E-state index in [-0.39, 0.29) is 0 Å². The lowest BCUT2D eigenvalue weighted by Gasteiger charge is -2.12. The van der Waals surface area contributed by atoms with Gasteiger partial charge in [-0.1, -0.05) is 6.07 Å². The number of benzene rings is 1. The zero-order valence-corrected chi connectivity index (χ0v) is 12.7. The summed E-state index contributed by atoms with van der Waals surface area (Å²) < 4.78 is 2.32. The van der Waals surface area contributed by atoms with E-state index in [2.05, 4.69) is 48.7 Å². The molecule has 0 atom stereocenters. The molecule has 0 saturated heterocycles. The molecule has 0 radical (unpaired) electrons. The van der Waals surface area contributed by atoms with E-state index in [0.29, 0.717) is 5.88 Å². The van der Waals surface area contributed by atoms with Crippen LogP contribution in [0.2, 0.25) is 0 Å². The fourth-order valence-electron chi connectivity index (χ4n) is 2.36. The Bertz CT molecular complexity index is 546. The third kappa shape index (κ3) is 3.48. The molecule has 2 rings (SSSR count). The first kappa shape index (κ1) is 14.4. The lowest BCUT2D eigenvalue weighted by Crippen LogP contribution is -2.16. The maximum absolute atomic E-state index is 5.89. The zero-order chi connectivity index (χ0) is 13.8. The molecule has 0 N–H and O–H groups in total. The third-order valence-corrected chi connectivity index (χ3v) is 3.48. The fraction of sp³-hybridized carbons (Fsp3) is 0.533. The van der Waals surface area contributed by atoms with Gasteiger partial charge in [0.1, 0.15) is 5.82 Å². The predicted octanol–water partition coefficient (Wildman–Crippen LogP) is 3.08. The van der Waals surface area contributed by atoms with Crippen molar-refractivity contribution in [1.29, 1.82) is 0 Å². The van der Waals surface area contributed by atoms with Crippen molar-refractivity contribution in [2.75, 3.05) is 26.5 Å². The van der Waals surface area contributed by atoms with Crippen LogP contribution >= 0.6 is 11.6 Å². The summed E-state index contributed by atoms with van der Waals surface area (Å²) in [4.78, 5) is 6.94. The van der Waals surface area contributed by atoms with E-state index in [9.17, 15) is 0 Å². The number of nitrogens with zero attached hydrogens (tertiary/aromatic N) is 3. The molecule has 0 aliphatic heterocycles. The van der Waals surface area contributed by atoms with E-state index in [1.54, 1.807) is 0 Å². The smallest absolute Gasteiger partial charge is 0.111 e. The SMILES string of the molecule is Cc1ccc2c(c1)nc(CCCl)n2CCCN(C)C. The number of alkyl halides is 1. The largest absolute Gasteiger partial charge is 0.328 e. The van der Waals surface area contributed by atoms with E-state index >= 15 is 0 Å². The van der Waals surface area contributed by atoms with Gasteiger partial charge in [0.2, 0.25) is 0 Å². The van der Waals surface area contributed by atoms with Crippen LogP contribution in [0.1, 0.15) is 17.8 Å². The second-order valence-corrected chi connectivity index (χ2v) is 5.65. The highest BCUT2D eigenvalue weighted by Gasteiger charge is 2.10. The molecule has 3 nitrogen and oxygen atoms in total. The van der Waals surface area contributed by atoms with Crippen LogP contribution in [-0.4, -0.2) is 41.0 Å². The number of aromatic nitrogens is 2. The Morgan fingerprint density at radius 1 is 1.32 bits per heavy atom. The standard InChI is InChI=1S/C15H22ClN3/c1-12-5-6-14-13(11-12)17-15(7-8-16)19(14)10-4-9-18(2)3/h5-6,11H,4,7-10H2,1-3H3. The number of hydrogen-bond donors (Lipinski definition) is 0. The quantitative estimate of drug-likeness (QED) is 0.758. The van der Waals surface area contributed by atoms with Crippen LogP contribution in [-0.2, 0) is 13.0 Å². The van der Waals surface area contributed by atoms with Crippen molar-refractivity contribution in [1.82, 2.24) is 14.5 Å². The number of aryl methyl sites for hydroxylation is 3. The van der Waals surface area contributed by atoms with Crippen LogP contribution in [0.15, 0.2) is 18.2 Å². The topological polar surface area (TPSA) is 21.1 Å². The average molecular weight is 280 g/mol. The molecule has 1 aromatic carbocycles. The van der Waals surface area contributed by atoms with Gasteiger partial charge in [-0.25, -0.2) is 4.98 Å². The molecule has 1 aromatic heterocycles.